The quantitative estimate of drug-likeness (QED) is 0.798. The lowest BCUT2D eigenvalue weighted by atomic mass is 9.77. The first kappa shape index (κ1) is 16.5. The highest BCUT2D eigenvalue weighted by atomic mass is 19.1. The molecule has 3 rings (SSSR count). The topological polar surface area (TPSA) is 67.3 Å². The molecule has 1 saturated carbocycles. The first-order chi connectivity index (χ1) is 11.6. The minimum Gasteiger partial charge on any atom is -0.475 e. The maximum Gasteiger partial charge on any atom is 0.224 e. The van der Waals surface area contributed by atoms with Crippen molar-refractivity contribution < 1.29 is 14.2 Å². The number of hydrogen-bond acceptors (Lipinski definition) is 5. The molecule has 6 heteroatoms. The molecular weight excluding hydrogens is 309 g/mol. The smallest absolute Gasteiger partial charge is 0.224 e. The lowest BCUT2D eigenvalue weighted by Gasteiger charge is -2.38. The molecule has 0 radical (unpaired) electrons. The van der Waals surface area contributed by atoms with E-state index in [1.165, 1.54) is 6.07 Å². The molecule has 0 unspecified atom stereocenters. The van der Waals surface area contributed by atoms with Crippen molar-refractivity contribution in [3.8, 4) is 18.2 Å². The van der Waals surface area contributed by atoms with Crippen LogP contribution in [-0.2, 0) is 6.42 Å². The minimum absolute atomic E-state index is 0.0861. The summed E-state index contributed by atoms with van der Waals surface area (Å²) in [6.45, 7) is 1.83. The molecule has 1 aromatic heterocycles. The average molecular weight is 329 g/mol. The van der Waals surface area contributed by atoms with Gasteiger partial charge in [-0.25, -0.2) is 9.37 Å². The molecule has 0 aliphatic heterocycles. The Morgan fingerprint density at radius 3 is 2.79 bits per heavy atom. The Bertz CT molecular complexity index is 797. The number of nitrogens with one attached hydrogen (secondary N) is 1. The summed E-state index contributed by atoms with van der Waals surface area (Å²) in [5.74, 6) is 3.09. The van der Waals surface area contributed by atoms with Gasteiger partial charge in [-0.15, -0.1) is 6.42 Å². The van der Waals surface area contributed by atoms with Gasteiger partial charge in [0, 0.05) is 12.1 Å². The van der Waals surface area contributed by atoms with Crippen molar-refractivity contribution >= 4 is 16.6 Å². The van der Waals surface area contributed by atoms with Gasteiger partial charge in [-0.1, -0.05) is 12.8 Å². The highest BCUT2D eigenvalue weighted by Crippen LogP contribution is 2.36. The predicted molar refractivity (Wildman–Crippen MR) is 90.5 cm³/mol. The summed E-state index contributed by atoms with van der Waals surface area (Å²) in [5, 5.41) is 12.7. The second-order valence-electron chi connectivity index (χ2n) is 5.93. The van der Waals surface area contributed by atoms with Gasteiger partial charge in [-0.05, 0) is 31.4 Å². The third kappa shape index (κ3) is 3.00. The molecule has 0 spiro atoms. The molecule has 0 atom stereocenters. The maximum absolute atomic E-state index is 14.6. The summed E-state index contributed by atoms with van der Waals surface area (Å²) in [6.07, 6.45) is 8.96. The van der Waals surface area contributed by atoms with Crippen LogP contribution in [0.2, 0.25) is 0 Å². The fraction of sp³-hybridized carbons (Fsp3) is 0.444. The second kappa shape index (κ2) is 6.62. The Kier molecular flexibility index (Phi) is 4.54. The third-order valence-corrected chi connectivity index (χ3v) is 4.28. The maximum atomic E-state index is 14.6. The number of benzene rings is 1. The van der Waals surface area contributed by atoms with Crippen LogP contribution in [0.4, 0.5) is 10.1 Å². The van der Waals surface area contributed by atoms with Crippen molar-refractivity contribution in [3.05, 3.63) is 23.8 Å². The number of terminal acetylenes is 1. The number of aliphatic hydroxyl groups is 1. The van der Waals surface area contributed by atoms with Crippen molar-refractivity contribution in [1.29, 1.82) is 0 Å². The highest BCUT2D eigenvalue weighted by Gasteiger charge is 2.35. The Labute approximate surface area is 140 Å². The van der Waals surface area contributed by atoms with E-state index in [-0.39, 0.29) is 24.6 Å². The number of fused-ring (bicyclic) bond motifs is 1. The standard InChI is InChI=1S/C18H20FN3O2/c1-3-15-20-16-13(17(21-15)24-9-8-23)10-12(11-14(16)19)22-18(4-2)6-5-7-18/h2,10-11,22-23H,3,5-9H2,1H3. The number of aryl methyl sites for hydroxylation is 1. The number of hydrogen-bond donors (Lipinski definition) is 2. The number of ether oxygens (including phenoxy) is 1. The van der Waals surface area contributed by atoms with Gasteiger partial charge < -0.3 is 15.2 Å². The SMILES string of the molecule is C#CC1(Nc2cc(F)c3nc(CC)nc(OCCO)c3c2)CCC1. The number of rotatable bonds is 6. The summed E-state index contributed by atoms with van der Waals surface area (Å²) in [4.78, 5) is 8.57. The van der Waals surface area contributed by atoms with Crippen molar-refractivity contribution in [1.82, 2.24) is 9.97 Å². The van der Waals surface area contributed by atoms with E-state index in [2.05, 4.69) is 21.2 Å². The molecule has 1 aliphatic carbocycles. The van der Waals surface area contributed by atoms with Crippen LogP contribution in [0, 0.1) is 18.2 Å². The summed E-state index contributed by atoms with van der Waals surface area (Å²) < 4.78 is 20.1. The van der Waals surface area contributed by atoms with Crippen LogP contribution in [0.5, 0.6) is 5.88 Å². The molecule has 1 fully saturated rings. The molecule has 2 aromatic rings. The zero-order valence-electron chi connectivity index (χ0n) is 13.6. The van der Waals surface area contributed by atoms with Crippen LogP contribution in [0.15, 0.2) is 12.1 Å². The molecule has 5 nitrogen and oxygen atoms in total. The van der Waals surface area contributed by atoms with E-state index in [1.807, 2.05) is 6.92 Å². The Balaban J connectivity index is 2.06. The largest absolute Gasteiger partial charge is 0.475 e. The van der Waals surface area contributed by atoms with Crippen LogP contribution in [0.1, 0.15) is 32.0 Å². The minimum atomic E-state index is -0.451. The van der Waals surface area contributed by atoms with E-state index in [0.29, 0.717) is 23.3 Å². The van der Waals surface area contributed by atoms with E-state index >= 15 is 0 Å². The first-order valence-corrected chi connectivity index (χ1v) is 8.10. The van der Waals surface area contributed by atoms with Gasteiger partial charge in [0.15, 0.2) is 5.82 Å². The molecule has 126 valence electrons. The lowest BCUT2D eigenvalue weighted by Crippen LogP contribution is -2.43. The van der Waals surface area contributed by atoms with Crippen LogP contribution >= 0.6 is 0 Å². The Morgan fingerprint density at radius 1 is 1.42 bits per heavy atom. The number of aliphatic hydroxyl groups excluding tert-OH is 1. The Hall–Kier alpha value is -2.39. The van der Waals surface area contributed by atoms with Crippen molar-refractivity contribution in [2.75, 3.05) is 18.5 Å². The molecular formula is C18H20FN3O2. The predicted octanol–water partition coefficient (Wildman–Crippen LogP) is 2.67. The van der Waals surface area contributed by atoms with E-state index in [1.54, 1.807) is 6.07 Å². The van der Waals surface area contributed by atoms with Crippen LogP contribution in [0.25, 0.3) is 10.9 Å². The molecule has 1 heterocycles. The Morgan fingerprint density at radius 2 is 2.21 bits per heavy atom. The molecule has 0 saturated heterocycles. The van der Waals surface area contributed by atoms with Crippen molar-refractivity contribution in [3.63, 3.8) is 0 Å². The van der Waals surface area contributed by atoms with Crippen LogP contribution in [-0.4, -0.2) is 33.8 Å². The number of aromatic nitrogens is 2. The third-order valence-electron chi connectivity index (χ3n) is 4.28. The summed E-state index contributed by atoms with van der Waals surface area (Å²) >= 11 is 0. The van der Waals surface area contributed by atoms with E-state index in [9.17, 15) is 4.39 Å². The highest BCUT2D eigenvalue weighted by molar-refractivity contribution is 5.87. The molecule has 24 heavy (non-hydrogen) atoms. The van der Waals surface area contributed by atoms with E-state index in [0.717, 1.165) is 19.3 Å². The van der Waals surface area contributed by atoms with Crippen LogP contribution in [0.3, 0.4) is 0 Å². The van der Waals surface area contributed by atoms with Gasteiger partial charge in [0.25, 0.3) is 0 Å². The zero-order chi connectivity index (χ0) is 17.2. The molecule has 0 amide bonds. The zero-order valence-corrected chi connectivity index (χ0v) is 13.6. The first-order valence-electron chi connectivity index (χ1n) is 8.10. The summed E-state index contributed by atoms with van der Waals surface area (Å²) in [5.41, 5.74) is 0.388. The lowest BCUT2D eigenvalue weighted by molar-refractivity contribution is 0.198. The molecule has 2 N–H and O–H groups in total. The van der Waals surface area contributed by atoms with Crippen molar-refractivity contribution in [2.45, 2.75) is 38.1 Å². The van der Waals surface area contributed by atoms with E-state index in [4.69, 9.17) is 16.3 Å². The number of anilines is 1. The van der Waals surface area contributed by atoms with Gasteiger partial charge in [0.05, 0.1) is 17.5 Å². The van der Waals surface area contributed by atoms with Crippen molar-refractivity contribution in [2.24, 2.45) is 0 Å². The van der Waals surface area contributed by atoms with Gasteiger partial charge in [-0.3, -0.25) is 0 Å². The fourth-order valence-electron chi connectivity index (χ4n) is 2.80. The van der Waals surface area contributed by atoms with E-state index < -0.39 is 11.4 Å². The van der Waals surface area contributed by atoms with Gasteiger partial charge in [-0.2, -0.15) is 4.98 Å². The molecule has 0 bridgehead atoms. The van der Waals surface area contributed by atoms with Crippen LogP contribution < -0.4 is 10.1 Å². The molecule has 1 aromatic carbocycles. The molecule has 1 aliphatic rings. The summed E-state index contributed by atoms with van der Waals surface area (Å²) in [6, 6.07) is 3.16. The fourth-order valence-corrected chi connectivity index (χ4v) is 2.80. The number of nitrogens with zero attached hydrogens (tertiary/aromatic N) is 2. The monoisotopic (exact) mass is 329 g/mol. The summed E-state index contributed by atoms with van der Waals surface area (Å²) in [7, 11) is 0. The average Bonchev–Trinajstić information content (AvgIpc) is 2.56. The van der Waals surface area contributed by atoms with Gasteiger partial charge in [0.1, 0.15) is 17.9 Å². The normalized spacial score (nSPS) is 15.6. The van der Waals surface area contributed by atoms with Gasteiger partial charge >= 0.3 is 0 Å². The number of halogens is 1. The second-order valence-corrected chi connectivity index (χ2v) is 5.93. The van der Waals surface area contributed by atoms with Gasteiger partial charge in [0.2, 0.25) is 5.88 Å².